The molecule has 5 heteroatoms. The van der Waals surface area contributed by atoms with E-state index in [0.717, 1.165) is 40.6 Å². The number of nitrogens with one attached hydrogen (secondary N) is 1. The predicted molar refractivity (Wildman–Crippen MR) is 83.0 cm³/mol. The summed E-state index contributed by atoms with van der Waals surface area (Å²) in [5, 5.41) is 11.0. The van der Waals surface area contributed by atoms with Gasteiger partial charge in [0.05, 0.1) is 19.6 Å². The first-order valence-corrected chi connectivity index (χ1v) is 7.77. The Morgan fingerprint density at radius 1 is 1.45 bits per heavy atom. The van der Waals surface area contributed by atoms with Gasteiger partial charge in [-0.05, 0) is 43.0 Å². The van der Waals surface area contributed by atoms with Crippen molar-refractivity contribution in [2.24, 2.45) is 0 Å². The van der Waals surface area contributed by atoms with Crippen molar-refractivity contribution in [3.05, 3.63) is 29.0 Å². The smallest absolute Gasteiger partial charge is 0.308 e. The quantitative estimate of drug-likeness (QED) is 0.852. The van der Waals surface area contributed by atoms with E-state index in [1.165, 1.54) is 0 Å². The third-order valence-electron chi connectivity index (χ3n) is 4.15. The lowest BCUT2D eigenvalue weighted by molar-refractivity contribution is -0.146. The van der Waals surface area contributed by atoms with E-state index in [2.05, 4.69) is 11.9 Å². The molecule has 0 amide bonds. The van der Waals surface area contributed by atoms with E-state index in [1.807, 2.05) is 0 Å². The predicted octanol–water partition coefficient (Wildman–Crippen LogP) is 3.00. The minimum atomic E-state index is -0.304. The second-order valence-corrected chi connectivity index (χ2v) is 5.52. The molecule has 0 radical (unpaired) electrons. The molecule has 2 heterocycles. The van der Waals surface area contributed by atoms with Gasteiger partial charge in [0.1, 0.15) is 11.9 Å². The Hall–Kier alpha value is -2.01. The Morgan fingerprint density at radius 3 is 3.00 bits per heavy atom. The molecule has 1 atom stereocenters. The summed E-state index contributed by atoms with van der Waals surface area (Å²) in [6.07, 6.45) is 1.51. The molecule has 3 rings (SSSR count). The third-order valence-corrected chi connectivity index (χ3v) is 4.15. The van der Waals surface area contributed by atoms with Crippen LogP contribution >= 0.6 is 0 Å². The van der Waals surface area contributed by atoms with Gasteiger partial charge in [-0.3, -0.25) is 4.79 Å². The number of aromatic hydroxyl groups is 1. The number of aryl methyl sites for hydroxylation is 1. The SMILES string of the molecule is CCOC(=O)C[C@H]1OCCc2c1[nH]c1c(CC)cc(O)cc21. The van der Waals surface area contributed by atoms with Gasteiger partial charge in [0, 0.05) is 16.6 Å². The topological polar surface area (TPSA) is 71.5 Å². The Kier molecular flexibility index (Phi) is 4.07. The van der Waals surface area contributed by atoms with Crippen molar-refractivity contribution < 1.29 is 19.4 Å². The van der Waals surface area contributed by atoms with E-state index in [1.54, 1.807) is 19.1 Å². The number of rotatable bonds is 4. The lowest BCUT2D eigenvalue weighted by Crippen LogP contribution is -2.19. The van der Waals surface area contributed by atoms with Crippen LogP contribution in [0.15, 0.2) is 12.1 Å². The van der Waals surface area contributed by atoms with Crippen LogP contribution in [0.5, 0.6) is 5.75 Å². The zero-order valence-electron chi connectivity index (χ0n) is 12.9. The highest BCUT2D eigenvalue weighted by molar-refractivity contribution is 5.89. The molecule has 2 aromatic rings. The average Bonchev–Trinajstić information content (AvgIpc) is 2.86. The third kappa shape index (κ3) is 2.57. The fourth-order valence-electron chi connectivity index (χ4n) is 3.17. The minimum absolute atomic E-state index is 0.209. The monoisotopic (exact) mass is 303 g/mol. The number of benzene rings is 1. The number of carbonyl (C=O) groups is 1. The van der Waals surface area contributed by atoms with Gasteiger partial charge in [-0.1, -0.05) is 6.92 Å². The van der Waals surface area contributed by atoms with Gasteiger partial charge in [-0.15, -0.1) is 0 Å². The van der Waals surface area contributed by atoms with Crippen molar-refractivity contribution in [2.75, 3.05) is 13.2 Å². The number of carbonyl (C=O) groups excluding carboxylic acids is 1. The van der Waals surface area contributed by atoms with Gasteiger partial charge in [0.15, 0.2) is 0 Å². The van der Waals surface area contributed by atoms with E-state index in [4.69, 9.17) is 9.47 Å². The van der Waals surface area contributed by atoms with E-state index in [0.29, 0.717) is 13.2 Å². The second kappa shape index (κ2) is 6.01. The van der Waals surface area contributed by atoms with Gasteiger partial charge in [0.25, 0.3) is 0 Å². The molecule has 0 aliphatic carbocycles. The first kappa shape index (κ1) is 14.9. The molecule has 1 aliphatic heterocycles. The lowest BCUT2D eigenvalue weighted by Gasteiger charge is -2.22. The van der Waals surface area contributed by atoms with Crippen molar-refractivity contribution >= 4 is 16.9 Å². The molecular weight excluding hydrogens is 282 g/mol. The fraction of sp³-hybridized carbons (Fsp3) is 0.471. The number of hydrogen-bond acceptors (Lipinski definition) is 4. The van der Waals surface area contributed by atoms with Crippen LogP contribution in [0.25, 0.3) is 10.9 Å². The van der Waals surface area contributed by atoms with Crippen LogP contribution in [0.2, 0.25) is 0 Å². The zero-order chi connectivity index (χ0) is 15.7. The van der Waals surface area contributed by atoms with Gasteiger partial charge in [0.2, 0.25) is 0 Å². The molecule has 1 aliphatic rings. The van der Waals surface area contributed by atoms with E-state index in [9.17, 15) is 9.90 Å². The molecule has 2 N–H and O–H groups in total. The van der Waals surface area contributed by atoms with Crippen molar-refractivity contribution in [3.63, 3.8) is 0 Å². The summed E-state index contributed by atoms with van der Waals surface area (Å²) in [7, 11) is 0. The Labute approximate surface area is 129 Å². The van der Waals surface area contributed by atoms with Crippen molar-refractivity contribution in [2.45, 2.75) is 39.2 Å². The highest BCUT2D eigenvalue weighted by Crippen LogP contribution is 2.37. The largest absolute Gasteiger partial charge is 0.508 e. The maximum Gasteiger partial charge on any atom is 0.308 e. The summed E-state index contributed by atoms with van der Waals surface area (Å²) in [6, 6.07) is 3.57. The molecule has 5 nitrogen and oxygen atoms in total. The zero-order valence-corrected chi connectivity index (χ0v) is 12.9. The Balaban J connectivity index is 2.03. The van der Waals surface area contributed by atoms with Crippen LogP contribution in [-0.4, -0.2) is 29.3 Å². The van der Waals surface area contributed by atoms with E-state index in [-0.39, 0.29) is 24.2 Å². The van der Waals surface area contributed by atoms with Crippen LogP contribution in [0.3, 0.4) is 0 Å². The van der Waals surface area contributed by atoms with Crippen LogP contribution in [0, 0.1) is 0 Å². The molecule has 118 valence electrons. The molecule has 0 bridgehead atoms. The van der Waals surface area contributed by atoms with Gasteiger partial charge < -0.3 is 19.6 Å². The van der Waals surface area contributed by atoms with Crippen LogP contribution in [-0.2, 0) is 27.1 Å². The average molecular weight is 303 g/mol. The number of esters is 1. The maximum atomic E-state index is 11.8. The first-order valence-electron chi connectivity index (χ1n) is 7.77. The van der Waals surface area contributed by atoms with Gasteiger partial charge in [-0.25, -0.2) is 0 Å². The summed E-state index contributed by atoms with van der Waals surface area (Å²) >= 11 is 0. The molecule has 0 spiro atoms. The fourth-order valence-corrected chi connectivity index (χ4v) is 3.17. The van der Waals surface area contributed by atoms with Crippen LogP contribution in [0.1, 0.15) is 43.2 Å². The number of hydrogen-bond donors (Lipinski definition) is 2. The Morgan fingerprint density at radius 2 is 2.27 bits per heavy atom. The molecule has 0 unspecified atom stereocenters. The maximum absolute atomic E-state index is 11.8. The molecule has 22 heavy (non-hydrogen) atoms. The first-order chi connectivity index (χ1) is 10.6. The summed E-state index contributed by atoms with van der Waals surface area (Å²) in [6.45, 7) is 4.80. The van der Waals surface area contributed by atoms with Crippen molar-refractivity contribution in [1.29, 1.82) is 0 Å². The molecular formula is C17H21NO4. The summed E-state index contributed by atoms with van der Waals surface area (Å²) in [5.41, 5.74) is 4.18. The van der Waals surface area contributed by atoms with Crippen molar-refractivity contribution in [3.8, 4) is 5.75 Å². The van der Waals surface area contributed by atoms with Crippen LogP contribution in [0.4, 0.5) is 0 Å². The number of aromatic nitrogens is 1. The number of H-pyrrole nitrogens is 1. The summed E-state index contributed by atoms with van der Waals surface area (Å²) < 4.78 is 10.8. The minimum Gasteiger partial charge on any atom is -0.508 e. The van der Waals surface area contributed by atoms with E-state index >= 15 is 0 Å². The van der Waals surface area contributed by atoms with Crippen LogP contribution < -0.4 is 0 Å². The second-order valence-electron chi connectivity index (χ2n) is 5.52. The number of phenolic OH excluding ortho intramolecular Hbond substituents is 1. The standard InChI is InChI=1S/C17H21NO4/c1-3-10-7-11(19)8-13-12-5-6-22-14(9-15(20)21-4-2)17(12)18-16(10)13/h7-8,14,18-19H,3-6,9H2,1-2H3/t14-/m1/s1. The molecule has 1 aromatic carbocycles. The molecule has 0 saturated heterocycles. The lowest BCUT2D eigenvalue weighted by atomic mass is 9.99. The molecule has 0 fully saturated rings. The number of fused-ring (bicyclic) bond motifs is 3. The number of phenols is 1. The van der Waals surface area contributed by atoms with Gasteiger partial charge >= 0.3 is 5.97 Å². The highest BCUT2D eigenvalue weighted by Gasteiger charge is 2.28. The summed E-state index contributed by atoms with van der Waals surface area (Å²) in [5.74, 6) is 0.0251. The summed E-state index contributed by atoms with van der Waals surface area (Å²) in [4.78, 5) is 15.2. The van der Waals surface area contributed by atoms with Gasteiger partial charge in [-0.2, -0.15) is 0 Å². The molecule has 0 saturated carbocycles. The van der Waals surface area contributed by atoms with E-state index < -0.39 is 0 Å². The number of aromatic amines is 1. The molecule has 1 aromatic heterocycles. The normalized spacial score (nSPS) is 17.5. The Bertz CT molecular complexity index is 704. The number of ether oxygens (including phenoxy) is 2. The highest BCUT2D eigenvalue weighted by atomic mass is 16.5. The van der Waals surface area contributed by atoms with Crippen molar-refractivity contribution in [1.82, 2.24) is 4.98 Å².